The normalized spacial score (nSPS) is 18.9. The van der Waals surface area contributed by atoms with Gasteiger partial charge in [-0.3, -0.25) is 4.79 Å². The van der Waals surface area contributed by atoms with Gasteiger partial charge in [0.15, 0.2) is 0 Å². The van der Waals surface area contributed by atoms with E-state index in [1.807, 2.05) is 11.8 Å². The zero-order valence-corrected chi connectivity index (χ0v) is 18.1. The number of benzene rings is 1. The van der Waals surface area contributed by atoms with Gasteiger partial charge in [0.25, 0.3) is 5.91 Å². The average molecular weight is 432 g/mol. The SMILES string of the molecule is COCCNS(=O)(=O)c1ccc(C)c(C(=O)N2CCC3(CCNC3)CC2)c1.Cl. The van der Waals surface area contributed by atoms with Crippen molar-refractivity contribution in [3.63, 3.8) is 0 Å². The van der Waals surface area contributed by atoms with E-state index in [9.17, 15) is 13.2 Å². The number of hydrogen-bond acceptors (Lipinski definition) is 5. The number of likely N-dealkylation sites (tertiary alicyclic amines) is 1. The van der Waals surface area contributed by atoms with Crippen LogP contribution in [0.2, 0.25) is 0 Å². The zero-order valence-electron chi connectivity index (χ0n) is 16.5. The number of carbonyl (C=O) groups excluding carboxylic acids is 1. The van der Waals surface area contributed by atoms with Gasteiger partial charge in [0.2, 0.25) is 10.0 Å². The predicted molar refractivity (Wildman–Crippen MR) is 111 cm³/mol. The van der Waals surface area contributed by atoms with Gasteiger partial charge in [-0.1, -0.05) is 6.07 Å². The van der Waals surface area contributed by atoms with E-state index in [-0.39, 0.29) is 29.8 Å². The zero-order chi connectivity index (χ0) is 19.5. The molecule has 2 heterocycles. The molecule has 0 unspecified atom stereocenters. The number of carbonyl (C=O) groups is 1. The molecule has 2 N–H and O–H groups in total. The maximum atomic E-state index is 13.0. The molecule has 1 aromatic rings. The van der Waals surface area contributed by atoms with Crippen LogP contribution in [0.15, 0.2) is 23.1 Å². The molecule has 0 radical (unpaired) electrons. The molecule has 3 rings (SSSR count). The molecular weight excluding hydrogens is 402 g/mol. The summed E-state index contributed by atoms with van der Waals surface area (Å²) in [6, 6.07) is 4.73. The van der Waals surface area contributed by atoms with Gasteiger partial charge in [0, 0.05) is 38.9 Å². The van der Waals surface area contributed by atoms with Gasteiger partial charge in [-0.05, 0) is 55.8 Å². The first kappa shape index (κ1) is 23.1. The highest BCUT2D eigenvalue weighted by molar-refractivity contribution is 7.89. The van der Waals surface area contributed by atoms with E-state index in [2.05, 4.69) is 10.0 Å². The summed E-state index contributed by atoms with van der Waals surface area (Å²) in [5.74, 6) is -0.0813. The lowest BCUT2D eigenvalue weighted by atomic mass is 9.77. The first-order valence-corrected chi connectivity index (χ1v) is 10.9. The molecule has 9 heteroatoms. The largest absolute Gasteiger partial charge is 0.383 e. The first-order chi connectivity index (χ1) is 12.9. The van der Waals surface area contributed by atoms with Gasteiger partial charge in [0.05, 0.1) is 11.5 Å². The Hall–Kier alpha value is -1.19. The smallest absolute Gasteiger partial charge is 0.254 e. The fourth-order valence-electron chi connectivity index (χ4n) is 3.94. The van der Waals surface area contributed by atoms with Gasteiger partial charge in [-0.15, -0.1) is 12.4 Å². The summed E-state index contributed by atoms with van der Waals surface area (Å²) >= 11 is 0. The van der Waals surface area contributed by atoms with Crippen molar-refractivity contribution in [1.29, 1.82) is 0 Å². The summed E-state index contributed by atoms with van der Waals surface area (Å²) in [7, 11) is -2.15. The number of piperidine rings is 1. The number of nitrogens with zero attached hydrogens (tertiary/aromatic N) is 1. The number of methoxy groups -OCH3 is 1. The Morgan fingerprint density at radius 1 is 1.29 bits per heavy atom. The lowest BCUT2D eigenvalue weighted by Crippen LogP contribution is -2.44. The minimum Gasteiger partial charge on any atom is -0.383 e. The Morgan fingerprint density at radius 3 is 2.61 bits per heavy atom. The number of nitrogens with one attached hydrogen (secondary N) is 2. The maximum absolute atomic E-state index is 13.0. The molecule has 0 atom stereocenters. The van der Waals surface area contributed by atoms with Crippen molar-refractivity contribution in [3.8, 4) is 0 Å². The van der Waals surface area contributed by atoms with Gasteiger partial charge in [0.1, 0.15) is 0 Å². The fraction of sp³-hybridized carbons (Fsp3) is 0.632. The van der Waals surface area contributed by atoms with Crippen molar-refractivity contribution in [3.05, 3.63) is 29.3 Å². The highest BCUT2D eigenvalue weighted by atomic mass is 35.5. The van der Waals surface area contributed by atoms with Crippen molar-refractivity contribution >= 4 is 28.3 Å². The molecule has 158 valence electrons. The summed E-state index contributed by atoms with van der Waals surface area (Å²) in [6.07, 6.45) is 3.18. The monoisotopic (exact) mass is 431 g/mol. The molecule has 2 aliphatic rings. The molecule has 0 bridgehead atoms. The third-order valence-electron chi connectivity index (χ3n) is 5.79. The minimum atomic E-state index is -3.66. The van der Waals surface area contributed by atoms with E-state index in [1.165, 1.54) is 25.7 Å². The fourth-order valence-corrected chi connectivity index (χ4v) is 4.98. The minimum absolute atomic E-state index is 0. The number of amides is 1. The van der Waals surface area contributed by atoms with E-state index < -0.39 is 10.0 Å². The van der Waals surface area contributed by atoms with Crippen molar-refractivity contribution in [2.24, 2.45) is 5.41 Å². The van der Waals surface area contributed by atoms with Crippen molar-refractivity contribution in [2.45, 2.75) is 31.1 Å². The van der Waals surface area contributed by atoms with Gasteiger partial charge < -0.3 is 15.0 Å². The van der Waals surface area contributed by atoms with Gasteiger partial charge >= 0.3 is 0 Å². The standard InChI is InChI=1S/C19H29N3O4S.ClH/c1-15-3-4-16(27(24,25)21-9-12-26-2)13-17(15)18(23)22-10-6-19(7-11-22)5-8-20-14-19;/h3-4,13,20-21H,5-12,14H2,1-2H3;1H. The molecule has 1 amide bonds. The summed E-state index contributed by atoms with van der Waals surface area (Å²) in [4.78, 5) is 15.0. The summed E-state index contributed by atoms with van der Waals surface area (Å²) < 4.78 is 32.3. The van der Waals surface area contributed by atoms with Crippen LogP contribution in [-0.2, 0) is 14.8 Å². The van der Waals surface area contributed by atoms with Crippen molar-refractivity contribution in [1.82, 2.24) is 14.9 Å². The van der Waals surface area contributed by atoms with E-state index in [0.29, 0.717) is 17.6 Å². The second-order valence-corrected chi connectivity index (χ2v) is 9.35. The van der Waals surface area contributed by atoms with E-state index in [0.717, 1.165) is 44.6 Å². The number of hydrogen-bond donors (Lipinski definition) is 2. The first-order valence-electron chi connectivity index (χ1n) is 9.46. The van der Waals surface area contributed by atoms with Crippen LogP contribution in [0.1, 0.15) is 35.2 Å². The number of aryl methyl sites for hydroxylation is 1. The second kappa shape index (κ2) is 9.54. The quantitative estimate of drug-likeness (QED) is 0.667. The lowest BCUT2D eigenvalue weighted by molar-refractivity contribution is 0.0606. The molecule has 2 saturated heterocycles. The Balaban J connectivity index is 0.00000280. The van der Waals surface area contributed by atoms with Crippen LogP contribution in [-0.4, -0.2) is 65.7 Å². The Labute approximate surface area is 173 Å². The topological polar surface area (TPSA) is 87.7 Å². The third kappa shape index (κ3) is 5.04. The molecule has 0 aromatic heterocycles. The summed E-state index contributed by atoms with van der Waals surface area (Å²) in [6.45, 7) is 5.87. The highest BCUT2D eigenvalue weighted by Gasteiger charge is 2.38. The van der Waals surface area contributed by atoms with Crippen LogP contribution in [0.3, 0.4) is 0 Å². The summed E-state index contributed by atoms with van der Waals surface area (Å²) in [5.41, 5.74) is 1.59. The number of sulfonamides is 1. The molecule has 0 aliphatic carbocycles. The molecule has 7 nitrogen and oxygen atoms in total. The average Bonchev–Trinajstić information content (AvgIpc) is 3.10. The molecule has 2 fully saturated rings. The van der Waals surface area contributed by atoms with Crippen molar-refractivity contribution < 1.29 is 17.9 Å². The molecular formula is C19H30ClN3O4S. The van der Waals surface area contributed by atoms with Gasteiger partial charge in [-0.2, -0.15) is 0 Å². The van der Waals surface area contributed by atoms with Crippen LogP contribution in [0.5, 0.6) is 0 Å². The third-order valence-corrected chi connectivity index (χ3v) is 7.25. The van der Waals surface area contributed by atoms with Crippen LogP contribution in [0.4, 0.5) is 0 Å². The van der Waals surface area contributed by atoms with E-state index >= 15 is 0 Å². The second-order valence-electron chi connectivity index (χ2n) is 7.59. The van der Waals surface area contributed by atoms with Crippen LogP contribution < -0.4 is 10.0 Å². The molecule has 1 aromatic carbocycles. The molecule has 1 spiro atoms. The van der Waals surface area contributed by atoms with Crippen LogP contribution in [0.25, 0.3) is 0 Å². The van der Waals surface area contributed by atoms with E-state index in [1.54, 1.807) is 6.07 Å². The molecule has 0 saturated carbocycles. The number of halogens is 1. The van der Waals surface area contributed by atoms with Gasteiger partial charge in [-0.25, -0.2) is 13.1 Å². The Kier molecular flexibility index (Phi) is 7.87. The Morgan fingerprint density at radius 2 is 2.00 bits per heavy atom. The number of ether oxygens (including phenoxy) is 1. The highest BCUT2D eigenvalue weighted by Crippen LogP contribution is 2.37. The summed E-state index contributed by atoms with van der Waals surface area (Å²) in [5, 5.41) is 3.43. The van der Waals surface area contributed by atoms with Crippen LogP contribution in [0, 0.1) is 12.3 Å². The molecule has 2 aliphatic heterocycles. The predicted octanol–water partition coefficient (Wildman–Crippen LogP) is 1.56. The van der Waals surface area contributed by atoms with E-state index in [4.69, 9.17) is 4.74 Å². The van der Waals surface area contributed by atoms with Crippen LogP contribution >= 0.6 is 12.4 Å². The maximum Gasteiger partial charge on any atom is 0.254 e. The Bertz CT molecular complexity index is 784. The van der Waals surface area contributed by atoms with Crippen molar-refractivity contribution in [2.75, 3.05) is 46.4 Å². The molecule has 28 heavy (non-hydrogen) atoms. The lowest BCUT2D eigenvalue weighted by Gasteiger charge is -2.39. The number of rotatable bonds is 6.